The fourth-order valence-corrected chi connectivity index (χ4v) is 4.65. The summed E-state index contributed by atoms with van der Waals surface area (Å²) in [5, 5.41) is 16.6. The van der Waals surface area contributed by atoms with Crippen LogP contribution >= 0.6 is 11.8 Å². The molecule has 1 fully saturated rings. The van der Waals surface area contributed by atoms with Gasteiger partial charge in [-0.15, -0.1) is 11.8 Å². The quantitative estimate of drug-likeness (QED) is 0.517. The van der Waals surface area contributed by atoms with Crippen LogP contribution in [0.3, 0.4) is 0 Å². The molecule has 3 aromatic heterocycles. The van der Waals surface area contributed by atoms with Crippen molar-refractivity contribution in [2.24, 2.45) is 0 Å². The molecule has 1 saturated heterocycles. The molecule has 0 aliphatic carbocycles. The van der Waals surface area contributed by atoms with E-state index >= 15 is 0 Å². The lowest BCUT2D eigenvalue weighted by Gasteiger charge is -2.19. The number of hydrogen-bond acceptors (Lipinski definition) is 6. The predicted molar refractivity (Wildman–Crippen MR) is 122 cm³/mol. The Balaban J connectivity index is 1.57. The van der Waals surface area contributed by atoms with E-state index in [0.29, 0.717) is 31.1 Å². The van der Waals surface area contributed by atoms with Crippen LogP contribution in [0, 0.1) is 0 Å². The van der Waals surface area contributed by atoms with E-state index in [1.165, 1.54) is 0 Å². The Morgan fingerprint density at radius 1 is 1.26 bits per heavy atom. The van der Waals surface area contributed by atoms with Gasteiger partial charge in [-0.25, -0.2) is 0 Å². The van der Waals surface area contributed by atoms with Crippen molar-refractivity contribution in [3.63, 3.8) is 0 Å². The lowest BCUT2D eigenvalue weighted by molar-refractivity contribution is 0.0747. The van der Waals surface area contributed by atoms with Crippen molar-refractivity contribution in [1.29, 1.82) is 0 Å². The molecule has 0 radical (unpaired) electrons. The second kappa shape index (κ2) is 8.36. The number of pyridine rings is 1. The summed E-state index contributed by atoms with van der Waals surface area (Å²) in [6.45, 7) is 1.20. The number of benzene rings is 1. The van der Waals surface area contributed by atoms with E-state index in [1.807, 2.05) is 41.3 Å². The molecule has 31 heavy (non-hydrogen) atoms. The van der Waals surface area contributed by atoms with Gasteiger partial charge in [-0.05, 0) is 37.7 Å². The minimum atomic E-state index is -0.330. The number of thioether (sulfide) groups is 1. The summed E-state index contributed by atoms with van der Waals surface area (Å²) >= 11 is 1.66. The van der Waals surface area contributed by atoms with Crippen molar-refractivity contribution in [3.8, 4) is 11.3 Å². The molecule has 1 N–H and O–H groups in total. The van der Waals surface area contributed by atoms with E-state index in [1.54, 1.807) is 29.1 Å². The lowest BCUT2D eigenvalue weighted by atomic mass is 10.1. The van der Waals surface area contributed by atoms with E-state index in [0.717, 1.165) is 46.0 Å². The second-order valence-electron chi connectivity index (χ2n) is 7.88. The highest BCUT2D eigenvalue weighted by molar-refractivity contribution is 7.97. The summed E-state index contributed by atoms with van der Waals surface area (Å²) in [5.41, 5.74) is 3.83. The number of aliphatic hydroxyl groups is 1. The zero-order valence-electron chi connectivity index (χ0n) is 17.3. The highest BCUT2D eigenvalue weighted by atomic mass is 32.2. The summed E-state index contributed by atoms with van der Waals surface area (Å²) in [4.78, 5) is 19.4. The van der Waals surface area contributed by atoms with Crippen molar-refractivity contribution < 1.29 is 14.3 Å². The summed E-state index contributed by atoms with van der Waals surface area (Å²) in [7, 11) is 0. The lowest BCUT2D eigenvalue weighted by Crippen LogP contribution is -2.32. The maximum absolute atomic E-state index is 13.1. The monoisotopic (exact) mass is 436 g/mol. The molecule has 5 rings (SSSR count). The number of carbonyl (C=O) groups excluding carboxylic acids is 1. The van der Waals surface area contributed by atoms with E-state index in [-0.39, 0.29) is 12.0 Å². The van der Waals surface area contributed by atoms with E-state index in [2.05, 4.69) is 4.98 Å². The van der Waals surface area contributed by atoms with Gasteiger partial charge in [-0.2, -0.15) is 5.10 Å². The normalized spacial score (nSPS) is 17.4. The third-order valence-electron chi connectivity index (χ3n) is 5.83. The molecule has 4 aromatic rings. The fraction of sp³-hybridized carbons (Fsp3) is 0.348. The molecule has 1 aliphatic heterocycles. The van der Waals surface area contributed by atoms with Crippen molar-refractivity contribution >= 4 is 39.5 Å². The van der Waals surface area contributed by atoms with Crippen LogP contribution in [-0.2, 0) is 5.88 Å². The maximum Gasteiger partial charge on any atom is 0.272 e. The number of furan rings is 1. The molecule has 1 atom stereocenters. The number of carbonyl (C=O) groups is 1. The standard InChI is InChI=1S/C23H24N4O3S/c1-31-14-27-20-11-19(23(29)26-9-4-5-15(28)8-10-26)24-12-17(20)22(25-27)18-13-30-21-7-3-2-6-16(18)21/h2-3,6-7,11-13,15,28H,4-5,8-10,14H2,1H3. The van der Waals surface area contributed by atoms with Crippen molar-refractivity contribution in [1.82, 2.24) is 19.7 Å². The molecule has 0 saturated carbocycles. The smallest absolute Gasteiger partial charge is 0.272 e. The first-order chi connectivity index (χ1) is 15.2. The number of amides is 1. The topological polar surface area (TPSA) is 84.4 Å². The van der Waals surface area contributed by atoms with Gasteiger partial charge in [0.15, 0.2) is 0 Å². The van der Waals surface area contributed by atoms with E-state index in [9.17, 15) is 9.90 Å². The Morgan fingerprint density at radius 3 is 3.00 bits per heavy atom. The van der Waals surface area contributed by atoms with Crippen LogP contribution in [-0.4, -0.2) is 56.1 Å². The minimum absolute atomic E-state index is 0.0942. The summed E-state index contributed by atoms with van der Waals surface area (Å²) in [6, 6.07) is 9.73. The van der Waals surface area contributed by atoms with Gasteiger partial charge in [-0.3, -0.25) is 14.5 Å². The van der Waals surface area contributed by atoms with Gasteiger partial charge in [0.2, 0.25) is 0 Å². The number of nitrogens with zero attached hydrogens (tertiary/aromatic N) is 4. The number of rotatable bonds is 4. The Kier molecular flexibility index (Phi) is 5.41. The van der Waals surface area contributed by atoms with Crippen LogP contribution in [0.5, 0.6) is 0 Å². The average Bonchev–Trinajstić information content (AvgIpc) is 3.29. The third-order valence-corrected chi connectivity index (χ3v) is 6.33. The first-order valence-electron chi connectivity index (χ1n) is 10.4. The number of aliphatic hydroxyl groups excluding tert-OH is 1. The van der Waals surface area contributed by atoms with Gasteiger partial charge in [-0.1, -0.05) is 18.2 Å². The summed E-state index contributed by atoms with van der Waals surface area (Å²) in [5.74, 6) is 0.572. The van der Waals surface area contributed by atoms with Crippen LogP contribution in [0.25, 0.3) is 33.1 Å². The van der Waals surface area contributed by atoms with Crippen LogP contribution in [0.15, 0.2) is 47.2 Å². The highest BCUT2D eigenvalue weighted by Crippen LogP contribution is 2.35. The van der Waals surface area contributed by atoms with Crippen molar-refractivity contribution in [2.75, 3.05) is 19.3 Å². The summed E-state index contributed by atoms with van der Waals surface area (Å²) < 4.78 is 7.65. The molecular formula is C23H24N4O3S. The van der Waals surface area contributed by atoms with Crippen LogP contribution in [0.2, 0.25) is 0 Å². The highest BCUT2D eigenvalue weighted by Gasteiger charge is 2.23. The largest absolute Gasteiger partial charge is 0.464 e. The third kappa shape index (κ3) is 3.70. The molecule has 160 valence electrons. The number of para-hydroxylation sites is 1. The first-order valence-corrected chi connectivity index (χ1v) is 11.8. The molecule has 1 aromatic carbocycles. The number of hydrogen-bond donors (Lipinski definition) is 1. The molecule has 4 heterocycles. The van der Waals surface area contributed by atoms with Gasteiger partial charge in [0.05, 0.1) is 17.5 Å². The summed E-state index contributed by atoms with van der Waals surface area (Å²) in [6.07, 6.45) is 7.32. The van der Waals surface area contributed by atoms with Gasteiger partial charge in [0.1, 0.15) is 23.2 Å². The van der Waals surface area contributed by atoms with Crippen LogP contribution < -0.4 is 0 Å². The average molecular weight is 437 g/mol. The van der Waals surface area contributed by atoms with Crippen molar-refractivity contribution in [2.45, 2.75) is 31.2 Å². The zero-order valence-corrected chi connectivity index (χ0v) is 18.1. The van der Waals surface area contributed by atoms with E-state index < -0.39 is 0 Å². The van der Waals surface area contributed by atoms with Gasteiger partial charge in [0, 0.05) is 35.6 Å². The number of aromatic nitrogens is 3. The molecule has 8 heteroatoms. The fourth-order valence-electron chi connectivity index (χ4n) is 4.21. The van der Waals surface area contributed by atoms with E-state index in [4.69, 9.17) is 9.52 Å². The molecule has 7 nitrogen and oxygen atoms in total. The Morgan fingerprint density at radius 2 is 2.13 bits per heavy atom. The van der Waals surface area contributed by atoms with Gasteiger partial charge in [0.25, 0.3) is 5.91 Å². The molecule has 1 amide bonds. The molecular weight excluding hydrogens is 412 g/mol. The zero-order chi connectivity index (χ0) is 21.4. The van der Waals surface area contributed by atoms with Gasteiger partial charge < -0.3 is 14.4 Å². The minimum Gasteiger partial charge on any atom is -0.464 e. The van der Waals surface area contributed by atoms with Gasteiger partial charge >= 0.3 is 0 Å². The SMILES string of the molecule is CSCn1nc(-c2coc3ccccc23)c2cnc(C(=O)N3CCCC(O)CC3)cc21. The second-order valence-corrected chi connectivity index (χ2v) is 8.71. The molecule has 0 spiro atoms. The Labute approximate surface area is 184 Å². The Hall–Kier alpha value is -2.84. The van der Waals surface area contributed by atoms with Crippen LogP contribution in [0.1, 0.15) is 29.8 Å². The first kappa shape index (κ1) is 20.1. The van der Waals surface area contributed by atoms with Crippen molar-refractivity contribution in [3.05, 3.63) is 48.5 Å². The van der Waals surface area contributed by atoms with Crippen LogP contribution in [0.4, 0.5) is 0 Å². The molecule has 1 aliphatic rings. The Bertz CT molecular complexity index is 1250. The maximum atomic E-state index is 13.1. The number of fused-ring (bicyclic) bond motifs is 2. The molecule has 0 bridgehead atoms. The number of likely N-dealkylation sites (tertiary alicyclic amines) is 1. The predicted octanol–water partition coefficient (Wildman–Crippen LogP) is 4.15. The molecule has 1 unspecified atom stereocenters.